The molecule has 0 aliphatic carbocycles. The van der Waals surface area contributed by atoms with Crippen molar-refractivity contribution in [2.45, 2.75) is 6.29 Å². The first-order chi connectivity index (χ1) is 3.13. The Morgan fingerprint density at radius 1 is 1.43 bits per heavy atom. The minimum absolute atomic E-state index is 0.574. The summed E-state index contributed by atoms with van der Waals surface area (Å²) >= 11 is 0. The van der Waals surface area contributed by atoms with Gasteiger partial charge in [0.05, 0.1) is 5.75 Å². The molecule has 0 heterocycles. The predicted molar refractivity (Wildman–Crippen MR) is 23.4 cm³/mol. The molecule has 0 aromatic rings. The molecule has 0 aromatic carbocycles. The number of aliphatic hydroxyl groups excluding tert-OH is 1. The molecule has 0 fully saturated rings. The van der Waals surface area contributed by atoms with Gasteiger partial charge in [0, 0.05) is 0 Å². The smallest absolute Gasteiger partial charge is 0.165 e. The Morgan fingerprint density at radius 3 is 1.86 bits per heavy atom. The van der Waals surface area contributed by atoms with Crippen LogP contribution < -0.4 is 0 Å². The molecule has 0 aliphatic rings. The van der Waals surface area contributed by atoms with Crippen LogP contribution in [0.15, 0.2) is 0 Å². The van der Waals surface area contributed by atoms with Crippen LogP contribution in [-0.2, 0) is 10.7 Å². The first kappa shape index (κ1) is 6.87. The van der Waals surface area contributed by atoms with Crippen LogP contribution in [0.2, 0.25) is 0 Å². The molecule has 0 bridgehead atoms. The summed E-state index contributed by atoms with van der Waals surface area (Å²) in [5.74, 6) is -0.574. The van der Waals surface area contributed by atoms with Crippen LogP contribution in [0.4, 0.5) is 0 Å². The molecule has 0 radical (unpaired) electrons. The first-order valence-electron chi connectivity index (χ1n) is 1.61. The second-order valence-electron chi connectivity index (χ2n) is 0.996. The Kier molecular flexibility index (Phi) is 2.89. The highest BCUT2D eigenvalue weighted by molar-refractivity contribution is 7.72. The maximum atomic E-state index is 9.53. The topological polar surface area (TPSA) is 74.6 Å². The maximum Gasteiger partial charge on any atom is 0.165 e. The lowest BCUT2D eigenvalue weighted by molar-refractivity contribution is -0.0194. The van der Waals surface area contributed by atoms with Gasteiger partial charge >= 0.3 is 0 Å². The summed E-state index contributed by atoms with van der Waals surface area (Å²) in [7, 11) is -2.64. The van der Waals surface area contributed by atoms with Crippen molar-refractivity contribution in [2.24, 2.45) is 0 Å². The van der Waals surface area contributed by atoms with Crippen molar-refractivity contribution >= 4 is 10.7 Å². The van der Waals surface area contributed by atoms with Gasteiger partial charge in [-0.1, -0.05) is 0 Å². The summed E-state index contributed by atoms with van der Waals surface area (Å²) in [6.07, 6.45) is -1.72. The molecule has 0 amide bonds. The van der Waals surface area contributed by atoms with Crippen LogP contribution in [0.3, 0.4) is 0 Å². The molecule has 0 unspecified atom stereocenters. The van der Waals surface area contributed by atoms with E-state index in [9.17, 15) is 8.42 Å². The number of hydrogen-bond donors (Lipinski definition) is 3. The van der Waals surface area contributed by atoms with E-state index >= 15 is 0 Å². The van der Waals surface area contributed by atoms with E-state index in [2.05, 4.69) is 0 Å². The van der Waals surface area contributed by atoms with Gasteiger partial charge in [-0.25, -0.2) is 8.42 Å². The van der Waals surface area contributed by atoms with Crippen LogP contribution >= 0.6 is 0 Å². The third kappa shape index (κ3) is 5.87. The average Bonchev–Trinajstić information content (AvgIpc) is 1.27. The molecular formula is C2H6O4S. The SMILES string of the molecule is O=[SH](=O)CC(O)O. The van der Waals surface area contributed by atoms with Gasteiger partial charge in [-0.15, -0.1) is 0 Å². The van der Waals surface area contributed by atoms with E-state index in [1.165, 1.54) is 0 Å². The van der Waals surface area contributed by atoms with E-state index in [1.54, 1.807) is 0 Å². The van der Waals surface area contributed by atoms with Crippen LogP contribution in [-0.4, -0.2) is 30.7 Å². The molecule has 0 saturated carbocycles. The molecule has 0 aromatic heterocycles. The Labute approximate surface area is 42.4 Å². The third-order valence-corrected chi connectivity index (χ3v) is 0.937. The molecule has 0 spiro atoms. The van der Waals surface area contributed by atoms with Gasteiger partial charge in [-0.3, -0.25) is 0 Å². The van der Waals surface area contributed by atoms with Crippen molar-refractivity contribution < 1.29 is 18.6 Å². The lowest BCUT2D eigenvalue weighted by Gasteiger charge is -1.90. The zero-order valence-corrected chi connectivity index (χ0v) is 4.34. The molecule has 4 nitrogen and oxygen atoms in total. The highest BCUT2D eigenvalue weighted by Crippen LogP contribution is 1.71. The number of hydrogen-bond acceptors (Lipinski definition) is 4. The fourth-order valence-electron chi connectivity index (χ4n) is 0.133. The van der Waals surface area contributed by atoms with Crippen molar-refractivity contribution in [3.8, 4) is 0 Å². The molecule has 2 N–H and O–H groups in total. The normalized spacial score (nSPS) is 10.9. The average molecular weight is 126 g/mol. The molecule has 0 rings (SSSR count). The zero-order chi connectivity index (χ0) is 5.86. The summed E-state index contributed by atoms with van der Waals surface area (Å²) in [6, 6.07) is 0. The molecule has 0 aliphatic heterocycles. The second-order valence-corrected chi connectivity index (χ2v) is 2.03. The molecule has 44 valence electrons. The monoisotopic (exact) mass is 126 g/mol. The van der Waals surface area contributed by atoms with Gasteiger partial charge in [-0.2, -0.15) is 0 Å². The molecule has 0 saturated heterocycles. The quantitative estimate of drug-likeness (QED) is 0.293. The van der Waals surface area contributed by atoms with Gasteiger partial charge in [0.15, 0.2) is 6.29 Å². The molecule has 0 atom stereocenters. The molecule has 7 heavy (non-hydrogen) atoms. The van der Waals surface area contributed by atoms with E-state index in [4.69, 9.17) is 10.2 Å². The highest BCUT2D eigenvalue weighted by Gasteiger charge is 1.94. The van der Waals surface area contributed by atoms with Crippen LogP contribution in [0.1, 0.15) is 0 Å². The van der Waals surface area contributed by atoms with E-state index in [0.717, 1.165) is 0 Å². The lowest BCUT2D eigenvalue weighted by Crippen LogP contribution is -2.10. The molecular weight excluding hydrogens is 120 g/mol. The van der Waals surface area contributed by atoms with Crippen molar-refractivity contribution in [1.82, 2.24) is 0 Å². The van der Waals surface area contributed by atoms with E-state index < -0.39 is 22.7 Å². The largest absolute Gasteiger partial charge is 0.367 e. The van der Waals surface area contributed by atoms with E-state index in [1.807, 2.05) is 0 Å². The van der Waals surface area contributed by atoms with Gasteiger partial charge in [0.1, 0.15) is 10.7 Å². The van der Waals surface area contributed by atoms with Crippen molar-refractivity contribution in [2.75, 3.05) is 5.75 Å². The highest BCUT2D eigenvalue weighted by atomic mass is 32.2. The minimum Gasteiger partial charge on any atom is -0.367 e. The predicted octanol–water partition coefficient (Wildman–Crippen LogP) is -2.09. The summed E-state index contributed by atoms with van der Waals surface area (Å²) < 4.78 is 19.1. The van der Waals surface area contributed by atoms with Gasteiger partial charge in [0.2, 0.25) is 0 Å². The second kappa shape index (κ2) is 2.95. The summed E-state index contributed by atoms with van der Waals surface area (Å²) in [5, 5.41) is 15.8. The Hall–Kier alpha value is -0.130. The Bertz CT molecular complexity index is 96.3. The molecule has 5 heteroatoms. The van der Waals surface area contributed by atoms with Crippen LogP contribution in [0, 0.1) is 0 Å². The van der Waals surface area contributed by atoms with Gasteiger partial charge in [-0.05, 0) is 0 Å². The van der Waals surface area contributed by atoms with Gasteiger partial charge in [0.25, 0.3) is 0 Å². The number of thiol groups is 1. The summed E-state index contributed by atoms with van der Waals surface area (Å²) in [4.78, 5) is 0. The lowest BCUT2D eigenvalue weighted by atomic mass is 10.8. The van der Waals surface area contributed by atoms with Crippen molar-refractivity contribution in [3.63, 3.8) is 0 Å². The first-order valence-corrected chi connectivity index (χ1v) is 2.97. The Balaban J connectivity index is 3.32. The fourth-order valence-corrected chi connectivity index (χ4v) is 0.400. The maximum absolute atomic E-state index is 9.53. The zero-order valence-electron chi connectivity index (χ0n) is 3.44. The summed E-state index contributed by atoms with van der Waals surface area (Å²) in [5.41, 5.74) is 0. The minimum atomic E-state index is -2.64. The number of rotatable bonds is 2. The van der Waals surface area contributed by atoms with E-state index in [-0.39, 0.29) is 0 Å². The Morgan fingerprint density at radius 2 is 1.86 bits per heavy atom. The standard InChI is InChI=1S/C2H6O4S/c3-2(4)1-7(5)6/h2-4,7H,1H2. The number of aliphatic hydroxyl groups is 2. The van der Waals surface area contributed by atoms with E-state index in [0.29, 0.717) is 0 Å². The third-order valence-electron chi connectivity index (χ3n) is 0.312. The van der Waals surface area contributed by atoms with Crippen molar-refractivity contribution in [1.29, 1.82) is 0 Å². The van der Waals surface area contributed by atoms with Gasteiger partial charge < -0.3 is 10.2 Å². The van der Waals surface area contributed by atoms with Crippen LogP contribution in [0.5, 0.6) is 0 Å². The van der Waals surface area contributed by atoms with Crippen molar-refractivity contribution in [3.05, 3.63) is 0 Å². The summed E-state index contributed by atoms with van der Waals surface area (Å²) in [6.45, 7) is 0. The fraction of sp³-hybridized carbons (Fsp3) is 1.00. The van der Waals surface area contributed by atoms with Crippen LogP contribution in [0.25, 0.3) is 0 Å².